The van der Waals surface area contributed by atoms with Crippen LogP contribution in [0.2, 0.25) is 0 Å². The Balaban J connectivity index is 2.86. The fraction of sp³-hybridized carbons (Fsp3) is 0.300. The van der Waals surface area contributed by atoms with Gasteiger partial charge in [-0.05, 0) is 31.2 Å². The second-order valence-electron chi connectivity index (χ2n) is 3.25. The molecule has 0 fully saturated rings. The maximum atomic E-state index is 12.1. The largest absolute Gasteiger partial charge is 0.300 e. The van der Waals surface area contributed by atoms with Gasteiger partial charge in [-0.25, -0.2) is 17.2 Å². The number of alkyl halides is 2. The summed E-state index contributed by atoms with van der Waals surface area (Å²) in [7, 11) is -3.41. The summed E-state index contributed by atoms with van der Waals surface area (Å²) in [4.78, 5) is 10.9. The molecular formula is C10H11F2NO3S. The normalized spacial score (nSPS) is 11.5. The maximum absolute atomic E-state index is 12.1. The van der Waals surface area contributed by atoms with E-state index in [1.54, 1.807) is 0 Å². The van der Waals surface area contributed by atoms with Crippen LogP contribution in [0.4, 0.5) is 14.5 Å². The van der Waals surface area contributed by atoms with Gasteiger partial charge in [-0.2, -0.15) is 0 Å². The average molecular weight is 263 g/mol. The monoisotopic (exact) mass is 263 g/mol. The van der Waals surface area contributed by atoms with E-state index in [2.05, 4.69) is 4.72 Å². The van der Waals surface area contributed by atoms with Gasteiger partial charge >= 0.3 is 6.43 Å². The number of hydrogen-bond donors (Lipinski definition) is 1. The third kappa shape index (κ3) is 3.77. The maximum Gasteiger partial charge on any atom is 0.300 e. The molecule has 0 aromatic heterocycles. The van der Waals surface area contributed by atoms with E-state index in [1.165, 1.54) is 19.1 Å². The van der Waals surface area contributed by atoms with E-state index in [9.17, 15) is 22.0 Å². The molecule has 0 aliphatic heterocycles. The number of benzene rings is 1. The van der Waals surface area contributed by atoms with Crippen LogP contribution in [0.1, 0.15) is 17.3 Å². The second-order valence-corrected chi connectivity index (χ2v) is 5.26. The summed E-state index contributed by atoms with van der Waals surface area (Å²) in [6, 6.07) is 4.84. The first-order chi connectivity index (χ1) is 7.85. The minimum absolute atomic E-state index is 0.0925. The smallest absolute Gasteiger partial charge is 0.288 e. The molecular weight excluding hydrogens is 252 g/mol. The molecule has 0 amide bonds. The van der Waals surface area contributed by atoms with Crippen molar-refractivity contribution >= 4 is 21.5 Å². The predicted octanol–water partition coefficient (Wildman–Crippen LogP) is 1.90. The van der Waals surface area contributed by atoms with E-state index in [4.69, 9.17) is 0 Å². The van der Waals surface area contributed by atoms with Crippen molar-refractivity contribution in [2.45, 2.75) is 13.3 Å². The van der Waals surface area contributed by atoms with Crippen LogP contribution in [0.5, 0.6) is 0 Å². The van der Waals surface area contributed by atoms with Crippen LogP contribution in [0.25, 0.3) is 0 Å². The van der Waals surface area contributed by atoms with Gasteiger partial charge in [0.15, 0.2) is 0 Å². The van der Waals surface area contributed by atoms with Gasteiger partial charge in [0, 0.05) is 11.3 Å². The zero-order chi connectivity index (χ0) is 13.1. The Kier molecular flexibility index (Phi) is 4.17. The minimum Gasteiger partial charge on any atom is -0.288 e. The molecule has 1 N–H and O–H groups in total. The molecule has 0 unspecified atom stereocenters. The van der Waals surface area contributed by atoms with E-state index in [1.807, 2.05) is 0 Å². The second kappa shape index (κ2) is 5.22. The van der Waals surface area contributed by atoms with Crippen molar-refractivity contribution in [1.29, 1.82) is 0 Å². The Morgan fingerprint density at radius 1 is 1.29 bits per heavy atom. The number of carbonyl (C=O) groups is 1. The molecule has 0 spiro atoms. The van der Waals surface area contributed by atoms with Crippen LogP contribution >= 0.6 is 0 Å². The lowest BCUT2D eigenvalue weighted by Crippen LogP contribution is -2.15. The van der Waals surface area contributed by atoms with Crippen molar-refractivity contribution in [1.82, 2.24) is 0 Å². The molecule has 17 heavy (non-hydrogen) atoms. The molecule has 0 aliphatic carbocycles. The highest BCUT2D eigenvalue weighted by Crippen LogP contribution is 2.14. The van der Waals surface area contributed by atoms with Crippen LogP contribution in [0.3, 0.4) is 0 Å². The summed E-state index contributed by atoms with van der Waals surface area (Å²) >= 11 is 0. The third-order valence-electron chi connectivity index (χ3n) is 2.02. The van der Waals surface area contributed by atoms with Crippen LogP contribution in [-0.4, -0.2) is 26.4 Å². The summed E-state index contributed by atoms with van der Waals surface area (Å²) in [6.07, 6.45) is -3.06. The van der Waals surface area contributed by atoms with Crippen molar-refractivity contribution in [2.75, 3.05) is 10.5 Å². The van der Waals surface area contributed by atoms with Gasteiger partial charge in [-0.1, -0.05) is 0 Å². The summed E-state index contributed by atoms with van der Waals surface area (Å²) in [5.41, 5.74) is 0.0807. The van der Waals surface area contributed by atoms with Gasteiger partial charge in [0.05, 0.1) is 5.75 Å². The summed E-state index contributed by atoms with van der Waals surface area (Å²) in [5, 5.41) is 0. The first kappa shape index (κ1) is 13.6. The zero-order valence-corrected chi connectivity index (χ0v) is 9.80. The molecule has 1 aromatic rings. The topological polar surface area (TPSA) is 63.2 Å². The molecule has 0 saturated carbocycles. The van der Waals surface area contributed by atoms with Crippen molar-refractivity contribution in [2.24, 2.45) is 0 Å². The van der Waals surface area contributed by atoms with Gasteiger partial charge in [0.2, 0.25) is 15.8 Å². The number of halogens is 2. The molecule has 1 aromatic carbocycles. The van der Waals surface area contributed by atoms with Crippen LogP contribution in [0.15, 0.2) is 24.3 Å². The molecule has 0 heterocycles. The molecule has 0 bridgehead atoms. The highest BCUT2D eigenvalue weighted by atomic mass is 32.2. The van der Waals surface area contributed by atoms with Crippen LogP contribution < -0.4 is 4.72 Å². The number of anilines is 1. The van der Waals surface area contributed by atoms with Gasteiger partial charge in [0.1, 0.15) is 0 Å². The van der Waals surface area contributed by atoms with E-state index < -0.39 is 22.2 Å². The number of carbonyl (C=O) groups excluding carboxylic acids is 1. The standard InChI is InChI=1S/C10H11F2NO3S/c1-2-17(15,16)13-8-5-3-7(4-6-8)9(14)10(11)12/h3-6,10,13H,2H2,1H3. The quantitative estimate of drug-likeness (QED) is 0.825. The number of ketones is 1. The molecule has 0 aliphatic rings. The molecule has 0 atom stereocenters. The minimum atomic E-state index is -3.41. The average Bonchev–Trinajstić information content (AvgIpc) is 2.28. The lowest BCUT2D eigenvalue weighted by molar-refractivity contribution is 0.0679. The van der Waals surface area contributed by atoms with Crippen molar-refractivity contribution < 1.29 is 22.0 Å². The van der Waals surface area contributed by atoms with Gasteiger partial charge in [0.25, 0.3) is 0 Å². The van der Waals surface area contributed by atoms with E-state index in [-0.39, 0.29) is 17.0 Å². The molecule has 1 rings (SSSR count). The Bertz CT molecular complexity index is 497. The van der Waals surface area contributed by atoms with Crippen LogP contribution in [-0.2, 0) is 10.0 Å². The Hall–Kier alpha value is -1.50. The zero-order valence-electron chi connectivity index (χ0n) is 8.98. The van der Waals surface area contributed by atoms with Gasteiger partial charge in [-0.15, -0.1) is 0 Å². The number of Topliss-reactive ketones (excluding diaryl/α,β-unsaturated/α-hetero) is 1. The molecule has 94 valence electrons. The predicted molar refractivity (Wildman–Crippen MR) is 59.9 cm³/mol. The number of sulfonamides is 1. The lowest BCUT2D eigenvalue weighted by Gasteiger charge is -2.06. The SMILES string of the molecule is CCS(=O)(=O)Nc1ccc(C(=O)C(F)F)cc1. The summed E-state index contributed by atoms with van der Waals surface area (Å²) in [5.74, 6) is -1.38. The van der Waals surface area contributed by atoms with Crippen LogP contribution in [0, 0.1) is 0 Å². The van der Waals surface area contributed by atoms with Crippen molar-refractivity contribution in [3.05, 3.63) is 29.8 Å². The summed E-state index contributed by atoms with van der Waals surface area (Å²) in [6.45, 7) is 1.47. The molecule has 4 nitrogen and oxygen atoms in total. The van der Waals surface area contributed by atoms with Gasteiger partial charge < -0.3 is 0 Å². The Labute approximate surface area is 97.7 Å². The fourth-order valence-corrected chi connectivity index (χ4v) is 1.72. The first-order valence-corrected chi connectivity index (χ1v) is 6.44. The highest BCUT2D eigenvalue weighted by molar-refractivity contribution is 7.92. The first-order valence-electron chi connectivity index (χ1n) is 4.78. The van der Waals surface area contributed by atoms with E-state index in [0.29, 0.717) is 0 Å². The Morgan fingerprint density at radius 3 is 2.24 bits per heavy atom. The number of rotatable bonds is 5. The van der Waals surface area contributed by atoms with Crippen molar-refractivity contribution in [3.8, 4) is 0 Å². The third-order valence-corrected chi connectivity index (χ3v) is 3.33. The Morgan fingerprint density at radius 2 is 1.82 bits per heavy atom. The molecule has 0 radical (unpaired) electrons. The number of nitrogens with one attached hydrogen (secondary N) is 1. The van der Waals surface area contributed by atoms with E-state index >= 15 is 0 Å². The number of hydrogen-bond acceptors (Lipinski definition) is 3. The lowest BCUT2D eigenvalue weighted by atomic mass is 10.1. The summed E-state index contributed by atoms with van der Waals surface area (Å²) < 4.78 is 48.8. The highest BCUT2D eigenvalue weighted by Gasteiger charge is 2.17. The van der Waals surface area contributed by atoms with E-state index in [0.717, 1.165) is 12.1 Å². The van der Waals surface area contributed by atoms with Gasteiger partial charge in [-0.3, -0.25) is 9.52 Å². The molecule has 7 heteroatoms. The fourth-order valence-electron chi connectivity index (χ4n) is 1.08. The molecule has 0 saturated heterocycles. The van der Waals surface area contributed by atoms with Crippen molar-refractivity contribution in [3.63, 3.8) is 0 Å².